The number of hydrogen-bond donors (Lipinski definition) is 0. The number of allylic oxidation sites excluding steroid dienone is 2. The zero-order chi connectivity index (χ0) is 9.78. The number of halogens is 7. The van der Waals surface area contributed by atoms with Gasteiger partial charge in [0.15, 0.2) is 5.83 Å². The van der Waals surface area contributed by atoms with Gasteiger partial charge >= 0.3 is 12.1 Å². The SMILES string of the molecule is FC1=CC(F)(C(F)(F)F)C1(F)F. The molecule has 0 radical (unpaired) electrons. The van der Waals surface area contributed by atoms with Crippen LogP contribution in [-0.4, -0.2) is 17.8 Å². The second-order valence-corrected chi connectivity index (χ2v) is 2.28. The molecule has 0 saturated carbocycles. The Morgan fingerprint density at radius 1 is 1.08 bits per heavy atom. The van der Waals surface area contributed by atoms with E-state index in [0.29, 0.717) is 0 Å². The Hall–Kier alpha value is -0.750. The molecule has 0 aromatic carbocycles. The van der Waals surface area contributed by atoms with Crippen molar-refractivity contribution in [3.05, 3.63) is 11.9 Å². The Balaban J connectivity index is 3.09. The van der Waals surface area contributed by atoms with Crippen LogP contribution < -0.4 is 0 Å². The first kappa shape index (κ1) is 9.34. The summed E-state index contributed by atoms with van der Waals surface area (Å²) in [6, 6.07) is 0. The van der Waals surface area contributed by atoms with Crippen molar-refractivity contribution in [2.75, 3.05) is 0 Å². The van der Waals surface area contributed by atoms with Crippen molar-refractivity contribution in [2.24, 2.45) is 0 Å². The minimum absolute atomic E-state index is 0.771. The van der Waals surface area contributed by atoms with E-state index in [1.165, 1.54) is 0 Å². The van der Waals surface area contributed by atoms with Crippen molar-refractivity contribution in [1.82, 2.24) is 0 Å². The van der Waals surface area contributed by atoms with Gasteiger partial charge in [-0.25, -0.2) is 8.78 Å². The van der Waals surface area contributed by atoms with Gasteiger partial charge in [-0.2, -0.15) is 22.0 Å². The molecular formula is C5HF7. The number of rotatable bonds is 0. The molecule has 1 aliphatic rings. The van der Waals surface area contributed by atoms with E-state index in [4.69, 9.17) is 0 Å². The zero-order valence-electron chi connectivity index (χ0n) is 5.22. The Bertz CT molecular complexity index is 237. The lowest BCUT2D eigenvalue weighted by molar-refractivity contribution is -0.290. The van der Waals surface area contributed by atoms with Gasteiger partial charge in [-0.05, 0) is 0 Å². The Labute approximate surface area is 61.7 Å². The fourth-order valence-corrected chi connectivity index (χ4v) is 0.712. The van der Waals surface area contributed by atoms with Gasteiger partial charge in [0.1, 0.15) is 0 Å². The molecule has 0 saturated heterocycles. The average molecular weight is 194 g/mol. The quantitative estimate of drug-likeness (QED) is 0.520. The molecule has 0 spiro atoms. The molecule has 70 valence electrons. The predicted molar refractivity (Wildman–Crippen MR) is 24.0 cm³/mol. The maximum atomic E-state index is 12.2. The average Bonchev–Trinajstić information content (AvgIpc) is 1.85. The first-order chi connectivity index (χ1) is 5.13. The highest BCUT2D eigenvalue weighted by atomic mass is 19.4. The molecule has 0 amide bonds. The van der Waals surface area contributed by atoms with Crippen LogP contribution in [0.1, 0.15) is 0 Å². The molecule has 0 N–H and O–H groups in total. The summed E-state index contributed by atoms with van der Waals surface area (Å²) in [6.45, 7) is 0. The highest BCUT2D eigenvalue weighted by Crippen LogP contribution is 2.57. The molecule has 0 aliphatic heterocycles. The van der Waals surface area contributed by atoms with Crippen molar-refractivity contribution in [3.8, 4) is 0 Å². The van der Waals surface area contributed by atoms with E-state index in [0.717, 1.165) is 0 Å². The van der Waals surface area contributed by atoms with Gasteiger partial charge in [0, 0.05) is 6.08 Å². The van der Waals surface area contributed by atoms with E-state index >= 15 is 0 Å². The summed E-state index contributed by atoms with van der Waals surface area (Å²) in [5.41, 5.74) is -4.84. The molecular weight excluding hydrogens is 193 g/mol. The highest BCUT2D eigenvalue weighted by Gasteiger charge is 2.78. The van der Waals surface area contributed by atoms with Crippen LogP contribution in [0.5, 0.6) is 0 Å². The Morgan fingerprint density at radius 2 is 1.50 bits per heavy atom. The minimum atomic E-state index is -5.79. The molecule has 0 fully saturated rings. The second-order valence-electron chi connectivity index (χ2n) is 2.28. The first-order valence-corrected chi connectivity index (χ1v) is 2.65. The van der Waals surface area contributed by atoms with Crippen LogP contribution in [0.25, 0.3) is 0 Å². The third kappa shape index (κ3) is 0.789. The molecule has 0 nitrogen and oxygen atoms in total. The van der Waals surface area contributed by atoms with Crippen LogP contribution in [0, 0.1) is 0 Å². The molecule has 0 aromatic rings. The van der Waals surface area contributed by atoms with Crippen molar-refractivity contribution < 1.29 is 30.7 Å². The fourth-order valence-electron chi connectivity index (χ4n) is 0.712. The van der Waals surface area contributed by atoms with Crippen LogP contribution in [-0.2, 0) is 0 Å². The van der Waals surface area contributed by atoms with Gasteiger partial charge in [0.05, 0.1) is 0 Å². The predicted octanol–water partition coefficient (Wildman–Crippen LogP) is 2.76. The third-order valence-corrected chi connectivity index (χ3v) is 1.50. The molecule has 0 heterocycles. The normalized spacial score (nSPS) is 34.1. The maximum Gasteiger partial charge on any atom is 0.432 e. The zero-order valence-corrected chi connectivity index (χ0v) is 5.22. The summed E-state index contributed by atoms with van der Waals surface area (Å²) in [6.07, 6.45) is -6.56. The van der Waals surface area contributed by atoms with E-state index in [-0.39, 0.29) is 0 Å². The minimum Gasteiger partial charge on any atom is -0.222 e. The molecule has 1 aliphatic carbocycles. The molecule has 0 aromatic heterocycles. The van der Waals surface area contributed by atoms with E-state index in [2.05, 4.69) is 0 Å². The molecule has 7 heteroatoms. The lowest BCUT2D eigenvalue weighted by atomic mass is 9.85. The Morgan fingerprint density at radius 3 is 1.58 bits per heavy atom. The number of alkyl halides is 6. The van der Waals surface area contributed by atoms with E-state index in [1.807, 2.05) is 0 Å². The maximum absolute atomic E-state index is 12.2. The van der Waals surface area contributed by atoms with Gasteiger partial charge in [-0.15, -0.1) is 0 Å². The van der Waals surface area contributed by atoms with Crippen molar-refractivity contribution in [2.45, 2.75) is 17.8 Å². The van der Waals surface area contributed by atoms with Crippen LogP contribution in [0.4, 0.5) is 30.7 Å². The lowest BCUT2D eigenvalue weighted by Gasteiger charge is -2.38. The van der Waals surface area contributed by atoms with Crippen LogP contribution in [0.15, 0.2) is 11.9 Å². The summed E-state index contributed by atoms with van der Waals surface area (Å²) >= 11 is 0. The topological polar surface area (TPSA) is 0 Å². The van der Waals surface area contributed by atoms with Crippen LogP contribution in [0.2, 0.25) is 0 Å². The molecule has 1 unspecified atom stereocenters. The van der Waals surface area contributed by atoms with E-state index in [9.17, 15) is 30.7 Å². The van der Waals surface area contributed by atoms with Gasteiger partial charge < -0.3 is 0 Å². The summed E-state index contributed by atoms with van der Waals surface area (Å²) in [5, 5.41) is 0. The van der Waals surface area contributed by atoms with Gasteiger partial charge in [-0.3, -0.25) is 0 Å². The smallest absolute Gasteiger partial charge is 0.222 e. The van der Waals surface area contributed by atoms with Crippen LogP contribution >= 0.6 is 0 Å². The summed E-state index contributed by atoms with van der Waals surface area (Å²) in [7, 11) is 0. The van der Waals surface area contributed by atoms with Crippen LogP contribution in [0.3, 0.4) is 0 Å². The first-order valence-electron chi connectivity index (χ1n) is 2.65. The standard InChI is InChI=1S/C5HF7/c6-2-1-3(7,4(2,8)9)5(10,11)12/h1H. The van der Waals surface area contributed by atoms with E-state index in [1.54, 1.807) is 0 Å². The molecule has 1 rings (SSSR count). The third-order valence-electron chi connectivity index (χ3n) is 1.50. The van der Waals surface area contributed by atoms with E-state index < -0.39 is 29.7 Å². The van der Waals surface area contributed by atoms with Crippen molar-refractivity contribution in [1.29, 1.82) is 0 Å². The Kier molecular flexibility index (Phi) is 1.51. The summed E-state index contributed by atoms with van der Waals surface area (Å²) in [5.74, 6) is -7.46. The molecule has 1 atom stereocenters. The van der Waals surface area contributed by atoms with Gasteiger partial charge in [0.25, 0.3) is 5.67 Å². The summed E-state index contributed by atoms with van der Waals surface area (Å²) < 4.78 is 82.3. The lowest BCUT2D eigenvalue weighted by Crippen LogP contribution is -2.60. The fraction of sp³-hybridized carbons (Fsp3) is 0.600. The monoisotopic (exact) mass is 194 g/mol. The van der Waals surface area contributed by atoms with Crippen molar-refractivity contribution >= 4 is 0 Å². The molecule has 0 bridgehead atoms. The van der Waals surface area contributed by atoms with Crippen molar-refractivity contribution in [3.63, 3.8) is 0 Å². The van der Waals surface area contributed by atoms with Gasteiger partial charge in [-0.1, -0.05) is 0 Å². The highest BCUT2D eigenvalue weighted by molar-refractivity contribution is 5.35. The molecule has 12 heavy (non-hydrogen) atoms. The van der Waals surface area contributed by atoms with Gasteiger partial charge in [0.2, 0.25) is 0 Å². The summed E-state index contributed by atoms with van der Waals surface area (Å²) in [4.78, 5) is 0. The second kappa shape index (κ2) is 1.94. The number of hydrogen-bond acceptors (Lipinski definition) is 0. The largest absolute Gasteiger partial charge is 0.432 e.